The van der Waals surface area contributed by atoms with E-state index in [0.717, 1.165) is 35.8 Å². The molecule has 0 aliphatic heterocycles. The number of halogens is 1. The predicted molar refractivity (Wildman–Crippen MR) is 71.3 cm³/mol. The highest BCUT2D eigenvalue weighted by Crippen LogP contribution is 2.32. The van der Waals surface area contributed by atoms with E-state index in [1.54, 1.807) is 0 Å². The standard InChI is InChI=1S/C14H17ClN2/c1-2-17(10-11-3-4-11)14-6-5-12(8-15)7-13(14)9-16/h5-7,11H,2-4,8,10H2,1H3. The molecule has 0 spiro atoms. The van der Waals surface area contributed by atoms with Gasteiger partial charge in [-0.05, 0) is 43.4 Å². The van der Waals surface area contributed by atoms with Crippen LogP contribution in [0.1, 0.15) is 30.9 Å². The van der Waals surface area contributed by atoms with Crippen LogP contribution in [0.2, 0.25) is 0 Å². The third kappa shape index (κ3) is 2.92. The van der Waals surface area contributed by atoms with Crippen LogP contribution in [-0.2, 0) is 5.88 Å². The highest BCUT2D eigenvalue weighted by molar-refractivity contribution is 6.17. The molecule has 0 heterocycles. The van der Waals surface area contributed by atoms with Gasteiger partial charge in [0.1, 0.15) is 6.07 Å². The van der Waals surface area contributed by atoms with Gasteiger partial charge in [-0.2, -0.15) is 5.26 Å². The Bertz CT molecular complexity index is 432. The molecule has 0 radical (unpaired) electrons. The quantitative estimate of drug-likeness (QED) is 0.746. The largest absolute Gasteiger partial charge is 0.370 e. The Hall–Kier alpha value is -1.20. The summed E-state index contributed by atoms with van der Waals surface area (Å²) in [5, 5.41) is 9.21. The first-order valence-electron chi connectivity index (χ1n) is 6.12. The summed E-state index contributed by atoms with van der Waals surface area (Å²) in [6.45, 7) is 4.16. The average molecular weight is 249 g/mol. The van der Waals surface area contributed by atoms with Gasteiger partial charge in [0.25, 0.3) is 0 Å². The lowest BCUT2D eigenvalue weighted by Crippen LogP contribution is -2.26. The zero-order valence-corrected chi connectivity index (χ0v) is 10.9. The van der Waals surface area contributed by atoms with Crippen LogP contribution >= 0.6 is 11.6 Å². The van der Waals surface area contributed by atoms with Crippen molar-refractivity contribution in [1.82, 2.24) is 0 Å². The van der Waals surface area contributed by atoms with Crippen molar-refractivity contribution >= 4 is 17.3 Å². The predicted octanol–water partition coefficient (Wildman–Crippen LogP) is 3.53. The maximum atomic E-state index is 9.21. The first-order chi connectivity index (χ1) is 8.28. The van der Waals surface area contributed by atoms with Gasteiger partial charge in [0.05, 0.1) is 11.3 Å². The van der Waals surface area contributed by atoms with Crippen LogP contribution in [0, 0.1) is 17.2 Å². The topological polar surface area (TPSA) is 27.0 Å². The minimum absolute atomic E-state index is 0.462. The third-order valence-electron chi connectivity index (χ3n) is 3.23. The lowest BCUT2D eigenvalue weighted by Gasteiger charge is -2.24. The summed E-state index contributed by atoms with van der Waals surface area (Å²) < 4.78 is 0. The summed E-state index contributed by atoms with van der Waals surface area (Å²) in [5.41, 5.74) is 2.80. The SMILES string of the molecule is CCN(CC1CC1)c1ccc(CCl)cc1C#N. The molecule has 1 fully saturated rings. The molecule has 0 unspecified atom stereocenters. The second-order valence-electron chi connectivity index (χ2n) is 4.58. The first-order valence-corrected chi connectivity index (χ1v) is 6.65. The van der Waals surface area contributed by atoms with E-state index in [-0.39, 0.29) is 0 Å². The number of hydrogen-bond donors (Lipinski definition) is 0. The second-order valence-corrected chi connectivity index (χ2v) is 4.85. The van der Waals surface area contributed by atoms with Crippen LogP contribution in [0.15, 0.2) is 18.2 Å². The Balaban J connectivity index is 2.25. The number of anilines is 1. The molecule has 0 atom stereocenters. The maximum Gasteiger partial charge on any atom is 0.101 e. The minimum Gasteiger partial charge on any atom is -0.370 e. The lowest BCUT2D eigenvalue weighted by atomic mass is 10.1. The zero-order valence-electron chi connectivity index (χ0n) is 10.1. The minimum atomic E-state index is 0.462. The van der Waals surface area contributed by atoms with Crippen LogP contribution in [0.4, 0.5) is 5.69 Å². The molecule has 1 aliphatic carbocycles. The van der Waals surface area contributed by atoms with Crippen molar-refractivity contribution in [2.24, 2.45) is 5.92 Å². The van der Waals surface area contributed by atoms with Gasteiger partial charge in [-0.1, -0.05) is 6.07 Å². The molecule has 0 saturated heterocycles. The molecule has 1 aromatic rings. The lowest BCUT2D eigenvalue weighted by molar-refractivity contribution is 0.741. The first kappa shape index (κ1) is 12.3. The summed E-state index contributed by atoms with van der Waals surface area (Å²) in [6, 6.07) is 8.22. The summed E-state index contributed by atoms with van der Waals surface area (Å²) in [7, 11) is 0. The Kier molecular flexibility index (Phi) is 3.91. The number of benzene rings is 1. The Labute approximate surface area is 108 Å². The fourth-order valence-corrected chi connectivity index (χ4v) is 2.21. The van der Waals surface area contributed by atoms with E-state index in [1.807, 2.05) is 18.2 Å². The van der Waals surface area contributed by atoms with E-state index in [2.05, 4.69) is 17.9 Å². The molecule has 0 bridgehead atoms. The van der Waals surface area contributed by atoms with Crippen molar-refractivity contribution in [2.45, 2.75) is 25.6 Å². The highest BCUT2D eigenvalue weighted by atomic mass is 35.5. The van der Waals surface area contributed by atoms with E-state index in [4.69, 9.17) is 11.6 Å². The number of rotatable bonds is 5. The molecule has 0 amide bonds. The Morgan fingerprint density at radius 1 is 1.47 bits per heavy atom. The molecule has 2 rings (SSSR count). The number of nitriles is 1. The summed E-state index contributed by atoms with van der Waals surface area (Å²) in [4.78, 5) is 2.30. The highest BCUT2D eigenvalue weighted by Gasteiger charge is 2.24. The van der Waals surface area contributed by atoms with Gasteiger partial charge in [-0.3, -0.25) is 0 Å². The van der Waals surface area contributed by atoms with Crippen molar-refractivity contribution in [1.29, 1.82) is 5.26 Å². The molecule has 0 N–H and O–H groups in total. The molecule has 1 aliphatic rings. The summed E-state index contributed by atoms with van der Waals surface area (Å²) in [6.07, 6.45) is 2.66. The number of nitrogens with zero attached hydrogens (tertiary/aromatic N) is 2. The van der Waals surface area contributed by atoms with E-state index in [9.17, 15) is 5.26 Å². The normalized spacial score (nSPS) is 14.4. The maximum absolute atomic E-state index is 9.21. The Morgan fingerprint density at radius 3 is 2.76 bits per heavy atom. The molecule has 0 aromatic heterocycles. The van der Waals surface area contributed by atoms with Gasteiger partial charge in [0.2, 0.25) is 0 Å². The van der Waals surface area contributed by atoms with Crippen LogP contribution in [0.25, 0.3) is 0 Å². The van der Waals surface area contributed by atoms with Gasteiger partial charge in [0, 0.05) is 19.0 Å². The molecular weight excluding hydrogens is 232 g/mol. The molecule has 2 nitrogen and oxygen atoms in total. The van der Waals surface area contributed by atoms with E-state index in [0.29, 0.717) is 5.88 Å². The third-order valence-corrected chi connectivity index (χ3v) is 3.54. The second kappa shape index (κ2) is 5.42. The van der Waals surface area contributed by atoms with Gasteiger partial charge in [-0.15, -0.1) is 11.6 Å². The molecule has 3 heteroatoms. The Morgan fingerprint density at radius 2 is 2.24 bits per heavy atom. The molecule has 1 saturated carbocycles. The fraction of sp³-hybridized carbons (Fsp3) is 0.500. The van der Waals surface area contributed by atoms with E-state index in [1.165, 1.54) is 12.8 Å². The van der Waals surface area contributed by atoms with Crippen LogP contribution in [0.5, 0.6) is 0 Å². The van der Waals surface area contributed by atoms with Gasteiger partial charge < -0.3 is 4.90 Å². The van der Waals surface area contributed by atoms with Gasteiger partial charge in [0.15, 0.2) is 0 Å². The van der Waals surface area contributed by atoms with Crippen LogP contribution < -0.4 is 4.90 Å². The molecule has 90 valence electrons. The average Bonchev–Trinajstić information content (AvgIpc) is 3.19. The van der Waals surface area contributed by atoms with E-state index < -0.39 is 0 Å². The van der Waals surface area contributed by atoms with Crippen molar-refractivity contribution in [3.63, 3.8) is 0 Å². The molecule has 1 aromatic carbocycles. The fourth-order valence-electron chi connectivity index (χ4n) is 2.04. The number of hydrogen-bond acceptors (Lipinski definition) is 2. The van der Waals surface area contributed by atoms with Crippen molar-refractivity contribution in [2.75, 3.05) is 18.0 Å². The van der Waals surface area contributed by atoms with E-state index >= 15 is 0 Å². The molecular formula is C14H17ClN2. The van der Waals surface area contributed by atoms with Crippen LogP contribution in [-0.4, -0.2) is 13.1 Å². The molecule has 17 heavy (non-hydrogen) atoms. The van der Waals surface area contributed by atoms with Crippen molar-refractivity contribution in [3.8, 4) is 6.07 Å². The summed E-state index contributed by atoms with van der Waals surface area (Å²) in [5.74, 6) is 1.29. The summed E-state index contributed by atoms with van der Waals surface area (Å²) >= 11 is 5.79. The number of alkyl halides is 1. The van der Waals surface area contributed by atoms with Gasteiger partial charge >= 0.3 is 0 Å². The van der Waals surface area contributed by atoms with Crippen molar-refractivity contribution in [3.05, 3.63) is 29.3 Å². The zero-order chi connectivity index (χ0) is 12.3. The van der Waals surface area contributed by atoms with Gasteiger partial charge in [-0.25, -0.2) is 0 Å². The van der Waals surface area contributed by atoms with Crippen LogP contribution in [0.3, 0.4) is 0 Å². The smallest absolute Gasteiger partial charge is 0.101 e. The monoisotopic (exact) mass is 248 g/mol. The van der Waals surface area contributed by atoms with Crippen molar-refractivity contribution < 1.29 is 0 Å².